The summed E-state index contributed by atoms with van der Waals surface area (Å²) in [5.74, 6) is -0.797. The van der Waals surface area contributed by atoms with Crippen LogP contribution in [-0.2, 0) is 15.3 Å². The molecule has 4 heteroatoms. The predicted octanol–water partition coefficient (Wildman–Crippen LogP) is 4.46. The molecular formula is C18H16BrNO2. The van der Waals surface area contributed by atoms with Crippen LogP contribution in [0.15, 0.2) is 51.9 Å². The quantitative estimate of drug-likeness (QED) is 0.754. The Balaban J connectivity index is 1.88. The first-order valence-corrected chi connectivity index (χ1v) is 8.17. The Morgan fingerprint density at radius 2 is 1.82 bits per heavy atom. The number of hydrogen-bond acceptors (Lipinski definition) is 3. The van der Waals surface area contributed by atoms with Gasteiger partial charge in [-0.3, -0.25) is 4.99 Å². The first kappa shape index (κ1) is 14.1. The Labute approximate surface area is 138 Å². The van der Waals surface area contributed by atoms with E-state index >= 15 is 0 Å². The molecule has 1 atom stereocenters. The van der Waals surface area contributed by atoms with Crippen molar-refractivity contribution in [2.75, 3.05) is 13.2 Å². The summed E-state index contributed by atoms with van der Waals surface area (Å²) in [5, 5.41) is 0. The van der Waals surface area contributed by atoms with Crippen molar-refractivity contribution in [3.8, 4) is 0 Å². The number of nitrogens with zero attached hydrogens (tertiary/aromatic N) is 1. The number of benzene rings is 2. The minimum Gasteiger partial charge on any atom is -0.343 e. The maximum absolute atomic E-state index is 6.13. The molecule has 3 nitrogen and oxygen atoms in total. The fourth-order valence-corrected chi connectivity index (χ4v) is 3.47. The molecule has 0 N–H and O–H groups in total. The van der Waals surface area contributed by atoms with Crippen LogP contribution in [-0.4, -0.2) is 19.4 Å². The maximum Gasteiger partial charge on any atom is 0.209 e. The zero-order chi connectivity index (χ0) is 15.2. The molecule has 22 heavy (non-hydrogen) atoms. The SMILES string of the molecule is Cc1ccc2c(c1)C1(OCCO1)C(c1ccc(Br)cc1)C=N2. The van der Waals surface area contributed by atoms with Gasteiger partial charge in [0.2, 0.25) is 5.79 Å². The Kier molecular flexibility index (Phi) is 3.40. The minimum atomic E-state index is -0.753. The summed E-state index contributed by atoms with van der Waals surface area (Å²) in [6, 6.07) is 14.5. The van der Waals surface area contributed by atoms with Crippen LogP contribution in [0.1, 0.15) is 22.6 Å². The molecule has 2 aliphatic heterocycles. The van der Waals surface area contributed by atoms with E-state index in [1.54, 1.807) is 0 Å². The Morgan fingerprint density at radius 1 is 1.09 bits per heavy atom. The Hall–Kier alpha value is -1.49. The first-order chi connectivity index (χ1) is 10.7. The zero-order valence-electron chi connectivity index (χ0n) is 12.3. The van der Waals surface area contributed by atoms with Crippen LogP contribution < -0.4 is 0 Å². The second-order valence-electron chi connectivity index (χ2n) is 5.69. The molecule has 2 aromatic rings. The lowest BCUT2D eigenvalue weighted by molar-refractivity contribution is -0.171. The van der Waals surface area contributed by atoms with Crippen molar-refractivity contribution in [2.45, 2.75) is 18.6 Å². The molecule has 0 radical (unpaired) electrons. The van der Waals surface area contributed by atoms with Gasteiger partial charge in [-0.2, -0.15) is 0 Å². The molecular weight excluding hydrogens is 342 g/mol. The largest absolute Gasteiger partial charge is 0.343 e. The molecule has 0 bridgehead atoms. The van der Waals surface area contributed by atoms with Crippen LogP contribution in [0.3, 0.4) is 0 Å². The van der Waals surface area contributed by atoms with Crippen LogP contribution in [0.4, 0.5) is 5.69 Å². The van der Waals surface area contributed by atoms with Crippen molar-refractivity contribution in [3.05, 3.63) is 63.6 Å². The van der Waals surface area contributed by atoms with Crippen molar-refractivity contribution in [1.29, 1.82) is 0 Å². The Morgan fingerprint density at radius 3 is 2.55 bits per heavy atom. The number of hydrogen-bond donors (Lipinski definition) is 0. The van der Waals surface area contributed by atoms with Crippen molar-refractivity contribution >= 4 is 27.8 Å². The molecule has 4 rings (SSSR count). The topological polar surface area (TPSA) is 30.8 Å². The van der Waals surface area contributed by atoms with Crippen LogP contribution in [0.5, 0.6) is 0 Å². The van der Waals surface area contributed by atoms with Crippen molar-refractivity contribution in [1.82, 2.24) is 0 Å². The molecule has 0 saturated carbocycles. The molecule has 2 aliphatic rings. The highest BCUT2D eigenvalue weighted by atomic mass is 79.9. The lowest BCUT2D eigenvalue weighted by Crippen LogP contribution is -2.37. The standard InChI is InChI=1S/C18H16BrNO2/c1-12-2-7-17-15(10-12)18(21-8-9-22-18)16(11-20-17)13-3-5-14(19)6-4-13/h2-7,10-11,16H,8-9H2,1H3. The fraction of sp³-hybridized carbons (Fsp3) is 0.278. The highest BCUT2D eigenvalue weighted by Crippen LogP contribution is 2.49. The third-order valence-electron chi connectivity index (χ3n) is 4.25. The molecule has 0 aliphatic carbocycles. The third-order valence-corrected chi connectivity index (χ3v) is 4.77. The second-order valence-corrected chi connectivity index (χ2v) is 6.61. The highest BCUT2D eigenvalue weighted by Gasteiger charge is 2.49. The summed E-state index contributed by atoms with van der Waals surface area (Å²) in [4.78, 5) is 4.64. The van der Waals surface area contributed by atoms with E-state index < -0.39 is 5.79 Å². The third kappa shape index (κ3) is 2.14. The van der Waals surface area contributed by atoms with E-state index in [9.17, 15) is 0 Å². The van der Waals surface area contributed by atoms with Crippen LogP contribution in [0.25, 0.3) is 0 Å². The second kappa shape index (κ2) is 5.30. The van der Waals surface area contributed by atoms with Gasteiger partial charge in [-0.25, -0.2) is 0 Å². The minimum absolute atomic E-state index is 0.0441. The van der Waals surface area contributed by atoms with E-state index in [4.69, 9.17) is 9.47 Å². The van der Waals surface area contributed by atoms with Crippen molar-refractivity contribution < 1.29 is 9.47 Å². The molecule has 2 aromatic carbocycles. The smallest absolute Gasteiger partial charge is 0.209 e. The van der Waals surface area contributed by atoms with Crippen LogP contribution >= 0.6 is 15.9 Å². The van der Waals surface area contributed by atoms with Crippen molar-refractivity contribution in [3.63, 3.8) is 0 Å². The van der Waals surface area contributed by atoms with E-state index in [1.807, 2.05) is 24.4 Å². The van der Waals surface area contributed by atoms with Gasteiger partial charge in [-0.1, -0.05) is 39.7 Å². The van der Waals surface area contributed by atoms with E-state index in [-0.39, 0.29) is 5.92 Å². The average Bonchev–Trinajstić information content (AvgIpc) is 3.00. The summed E-state index contributed by atoms with van der Waals surface area (Å²) in [6.45, 7) is 3.29. The summed E-state index contributed by atoms with van der Waals surface area (Å²) < 4.78 is 13.3. The van der Waals surface area contributed by atoms with Crippen LogP contribution in [0.2, 0.25) is 0 Å². The van der Waals surface area contributed by atoms with E-state index in [2.05, 4.69) is 52.1 Å². The van der Waals surface area contributed by atoms with E-state index in [1.165, 1.54) is 5.56 Å². The van der Waals surface area contributed by atoms with Gasteiger partial charge in [0.1, 0.15) is 0 Å². The van der Waals surface area contributed by atoms with Gasteiger partial charge in [0, 0.05) is 16.3 Å². The van der Waals surface area contributed by atoms with Gasteiger partial charge in [0.15, 0.2) is 0 Å². The predicted molar refractivity (Wildman–Crippen MR) is 89.8 cm³/mol. The van der Waals surface area contributed by atoms with Gasteiger partial charge >= 0.3 is 0 Å². The zero-order valence-corrected chi connectivity index (χ0v) is 13.8. The number of rotatable bonds is 1. The fourth-order valence-electron chi connectivity index (χ4n) is 3.20. The normalized spacial score (nSPS) is 22.0. The summed E-state index contributed by atoms with van der Waals surface area (Å²) in [6.07, 6.45) is 1.95. The number of fused-ring (bicyclic) bond motifs is 2. The van der Waals surface area contributed by atoms with Crippen LogP contribution in [0, 0.1) is 6.92 Å². The number of ether oxygens (including phenoxy) is 2. The average molecular weight is 358 g/mol. The monoisotopic (exact) mass is 357 g/mol. The molecule has 2 heterocycles. The van der Waals surface area contributed by atoms with Crippen molar-refractivity contribution in [2.24, 2.45) is 4.99 Å². The molecule has 0 aromatic heterocycles. The summed E-state index contributed by atoms with van der Waals surface area (Å²) >= 11 is 3.48. The number of aryl methyl sites for hydroxylation is 1. The molecule has 112 valence electrons. The summed E-state index contributed by atoms with van der Waals surface area (Å²) in [5.41, 5.74) is 4.28. The van der Waals surface area contributed by atoms with E-state index in [0.717, 1.165) is 21.3 Å². The van der Waals surface area contributed by atoms with Gasteiger partial charge < -0.3 is 9.47 Å². The van der Waals surface area contributed by atoms with Gasteiger partial charge in [-0.15, -0.1) is 0 Å². The first-order valence-electron chi connectivity index (χ1n) is 7.38. The molecule has 0 amide bonds. The highest BCUT2D eigenvalue weighted by molar-refractivity contribution is 9.10. The van der Waals surface area contributed by atoms with Gasteiger partial charge in [-0.05, 0) is 36.8 Å². The summed E-state index contributed by atoms with van der Waals surface area (Å²) in [7, 11) is 0. The molecule has 1 fully saturated rings. The Bertz CT molecular complexity index is 733. The lowest BCUT2D eigenvalue weighted by Gasteiger charge is -2.37. The van der Waals surface area contributed by atoms with Gasteiger partial charge in [0.05, 0.1) is 24.8 Å². The lowest BCUT2D eigenvalue weighted by atomic mass is 9.83. The van der Waals surface area contributed by atoms with Gasteiger partial charge in [0.25, 0.3) is 0 Å². The molecule has 1 saturated heterocycles. The number of aliphatic imine (C=N–C) groups is 1. The molecule has 1 spiro atoms. The van der Waals surface area contributed by atoms with E-state index in [0.29, 0.717) is 13.2 Å². The number of halogens is 1. The molecule has 1 unspecified atom stereocenters. The maximum atomic E-state index is 6.13.